The van der Waals surface area contributed by atoms with Crippen LogP contribution in [0.3, 0.4) is 0 Å². The molecule has 0 radical (unpaired) electrons. The van der Waals surface area contributed by atoms with Crippen LogP contribution in [0.1, 0.15) is 41.6 Å². The number of nitrogens with zero attached hydrogens (tertiary/aromatic N) is 1. The molecular formula is C15H22N2O. The number of piperidine rings is 1. The number of likely N-dealkylation sites (tertiary alicyclic amines) is 1. The normalized spacial score (nSPS) is 19.9. The fraction of sp³-hybridized carbons (Fsp3) is 0.533. The van der Waals surface area contributed by atoms with Crippen molar-refractivity contribution in [3.05, 3.63) is 35.4 Å². The molecule has 1 saturated heterocycles. The van der Waals surface area contributed by atoms with Gasteiger partial charge in [-0.05, 0) is 50.8 Å². The van der Waals surface area contributed by atoms with Gasteiger partial charge in [0.2, 0.25) is 0 Å². The van der Waals surface area contributed by atoms with Crippen LogP contribution in [0.2, 0.25) is 0 Å². The number of hydrogen-bond acceptors (Lipinski definition) is 2. The quantitative estimate of drug-likeness (QED) is 0.889. The number of amides is 1. The second kappa shape index (κ2) is 6.01. The molecule has 18 heavy (non-hydrogen) atoms. The molecule has 1 aromatic rings. The monoisotopic (exact) mass is 246 g/mol. The first-order valence-electron chi connectivity index (χ1n) is 6.80. The Morgan fingerprint density at radius 2 is 2.17 bits per heavy atom. The van der Waals surface area contributed by atoms with Gasteiger partial charge in [-0.25, -0.2) is 0 Å². The van der Waals surface area contributed by atoms with E-state index in [-0.39, 0.29) is 5.91 Å². The Hall–Kier alpha value is -1.35. The minimum absolute atomic E-state index is 0.172. The van der Waals surface area contributed by atoms with E-state index in [0.717, 1.165) is 36.9 Å². The van der Waals surface area contributed by atoms with E-state index in [2.05, 4.69) is 0 Å². The summed E-state index contributed by atoms with van der Waals surface area (Å²) in [5.41, 5.74) is 7.54. The predicted octanol–water partition coefficient (Wildman–Crippen LogP) is 2.34. The molecule has 0 aliphatic carbocycles. The Bertz CT molecular complexity index is 415. The van der Waals surface area contributed by atoms with Gasteiger partial charge in [0.1, 0.15) is 0 Å². The molecule has 1 atom stereocenters. The van der Waals surface area contributed by atoms with Crippen molar-refractivity contribution < 1.29 is 4.79 Å². The van der Waals surface area contributed by atoms with Crippen LogP contribution in [0, 0.1) is 6.92 Å². The third kappa shape index (κ3) is 2.72. The van der Waals surface area contributed by atoms with E-state index in [0.29, 0.717) is 12.6 Å². The summed E-state index contributed by atoms with van der Waals surface area (Å²) in [6, 6.07) is 8.15. The first kappa shape index (κ1) is 13.1. The van der Waals surface area contributed by atoms with E-state index < -0.39 is 0 Å². The molecule has 2 N–H and O–H groups in total. The molecule has 98 valence electrons. The molecule has 3 nitrogen and oxygen atoms in total. The van der Waals surface area contributed by atoms with Crippen molar-refractivity contribution in [1.82, 2.24) is 4.90 Å². The zero-order valence-electron chi connectivity index (χ0n) is 11.1. The van der Waals surface area contributed by atoms with Crippen LogP contribution < -0.4 is 5.73 Å². The first-order valence-corrected chi connectivity index (χ1v) is 6.80. The van der Waals surface area contributed by atoms with Crippen LogP contribution in [0.5, 0.6) is 0 Å². The van der Waals surface area contributed by atoms with Crippen LogP contribution in [-0.4, -0.2) is 29.9 Å². The van der Waals surface area contributed by atoms with Gasteiger partial charge < -0.3 is 10.6 Å². The summed E-state index contributed by atoms with van der Waals surface area (Å²) < 4.78 is 0. The predicted molar refractivity (Wildman–Crippen MR) is 73.5 cm³/mol. The van der Waals surface area contributed by atoms with Crippen molar-refractivity contribution in [3.63, 3.8) is 0 Å². The highest BCUT2D eigenvalue weighted by molar-refractivity contribution is 5.95. The number of nitrogens with two attached hydrogens (primary N) is 1. The summed E-state index contributed by atoms with van der Waals surface area (Å²) in [4.78, 5) is 14.6. The first-order chi connectivity index (χ1) is 8.74. The Balaban J connectivity index is 2.18. The lowest BCUT2D eigenvalue weighted by molar-refractivity contribution is 0.0604. The Labute approximate surface area is 109 Å². The van der Waals surface area contributed by atoms with E-state index in [4.69, 9.17) is 5.73 Å². The summed E-state index contributed by atoms with van der Waals surface area (Å²) in [7, 11) is 0. The van der Waals surface area contributed by atoms with E-state index in [1.807, 2.05) is 36.1 Å². The minimum Gasteiger partial charge on any atom is -0.336 e. The van der Waals surface area contributed by atoms with Crippen molar-refractivity contribution in [3.8, 4) is 0 Å². The molecule has 1 heterocycles. The number of hydrogen-bond donors (Lipinski definition) is 1. The fourth-order valence-electron chi connectivity index (χ4n) is 2.73. The molecule has 0 bridgehead atoms. The second-order valence-corrected chi connectivity index (χ2v) is 5.04. The lowest BCUT2D eigenvalue weighted by Crippen LogP contribution is -2.44. The Morgan fingerprint density at radius 3 is 2.89 bits per heavy atom. The summed E-state index contributed by atoms with van der Waals surface area (Å²) in [6.07, 6.45) is 4.33. The standard InChI is InChI=1S/C15H22N2O/c1-12-6-2-3-8-14(12)15(18)17-11-5-4-7-13(17)9-10-16/h2-3,6,8,13H,4-5,7,9-11,16H2,1H3. The van der Waals surface area contributed by atoms with Gasteiger partial charge in [-0.15, -0.1) is 0 Å². The molecular weight excluding hydrogens is 224 g/mol. The second-order valence-electron chi connectivity index (χ2n) is 5.04. The van der Waals surface area contributed by atoms with Gasteiger partial charge in [-0.3, -0.25) is 4.79 Å². The average molecular weight is 246 g/mol. The molecule has 1 aliphatic rings. The van der Waals surface area contributed by atoms with Crippen LogP contribution in [0.15, 0.2) is 24.3 Å². The van der Waals surface area contributed by atoms with Gasteiger partial charge in [0.05, 0.1) is 0 Å². The zero-order valence-corrected chi connectivity index (χ0v) is 11.1. The maximum Gasteiger partial charge on any atom is 0.254 e. The molecule has 3 heteroatoms. The third-order valence-electron chi connectivity index (χ3n) is 3.76. The maximum absolute atomic E-state index is 12.6. The van der Waals surface area contributed by atoms with Gasteiger partial charge >= 0.3 is 0 Å². The molecule has 2 rings (SSSR count). The lowest BCUT2D eigenvalue weighted by atomic mass is 9.97. The van der Waals surface area contributed by atoms with Gasteiger partial charge in [0.15, 0.2) is 0 Å². The van der Waals surface area contributed by atoms with Gasteiger partial charge in [-0.2, -0.15) is 0 Å². The third-order valence-corrected chi connectivity index (χ3v) is 3.76. The summed E-state index contributed by atoms with van der Waals surface area (Å²) >= 11 is 0. The number of benzene rings is 1. The number of carbonyl (C=O) groups excluding carboxylic acids is 1. The lowest BCUT2D eigenvalue weighted by Gasteiger charge is -2.36. The molecule has 0 saturated carbocycles. The summed E-state index contributed by atoms with van der Waals surface area (Å²) in [6.45, 7) is 3.52. The highest BCUT2D eigenvalue weighted by atomic mass is 16.2. The van der Waals surface area contributed by atoms with E-state index in [1.165, 1.54) is 6.42 Å². The zero-order chi connectivity index (χ0) is 13.0. The topological polar surface area (TPSA) is 46.3 Å². The Kier molecular flexibility index (Phi) is 4.37. The number of aryl methyl sites for hydroxylation is 1. The van der Waals surface area contributed by atoms with Gasteiger partial charge in [-0.1, -0.05) is 18.2 Å². The number of rotatable bonds is 3. The molecule has 1 amide bonds. The summed E-state index contributed by atoms with van der Waals surface area (Å²) in [5.74, 6) is 0.172. The maximum atomic E-state index is 12.6. The average Bonchev–Trinajstić information content (AvgIpc) is 2.40. The molecule has 1 aromatic carbocycles. The smallest absolute Gasteiger partial charge is 0.254 e. The minimum atomic E-state index is 0.172. The van der Waals surface area contributed by atoms with Crippen molar-refractivity contribution in [2.45, 2.75) is 38.6 Å². The molecule has 0 spiro atoms. The SMILES string of the molecule is Cc1ccccc1C(=O)N1CCCCC1CCN. The van der Waals surface area contributed by atoms with Crippen molar-refractivity contribution >= 4 is 5.91 Å². The number of carbonyl (C=O) groups is 1. The van der Waals surface area contributed by atoms with Crippen molar-refractivity contribution in [2.24, 2.45) is 5.73 Å². The van der Waals surface area contributed by atoms with Crippen LogP contribution in [0.25, 0.3) is 0 Å². The van der Waals surface area contributed by atoms with E-state index >= 15 is 0 Å². The van der Waals surface area contributed by atoms with Gasteiger partial charge in [0.25, 0.3) is 5.91 Å². The molecule has 1 unspecified atom stereocenters. The molecule has 1 fully saturated rings. The highest BCUT2D eigenvalue weighted by Crippen LogP contribution is 2.22. The molecule has 1 aliphatic heterocycles. The fourth-order valence-corrected chi connectivity index (χ4v) is 2.73. The van der Waals surface area contributed by atoms with Crippen LogP contribution in [0.4, 0.5) is 0 Å². The summed E-state index contributed by atoms with van der Waals surface area (Å²) in [5, 5.41) is 0. The molecule has 0 aromatic heterocycles. The van der Waals surface area contributed by atoms with Crippen molar-refractivity contribution in [1.29, 1.82) is 0 Å². The van der Waals surface area contributed by atoms with Crippen molar-refractivity contribution in [2.75, 3.05) is 13.1 Å². The highest BCUT2D eigenvalue weighted by Gasteiger charge is 2.27. The van der Waals surface area contributed by atoms with Gasteiger partial charge in [0, 0.05) is 18.2 Å². The van der Waals surface area contributed by atoms with Crippen LogP contribution in [-0.2, 0) is 0 Å². The van der Waals surface area contributed by atoms with E-state index in [9.17, 15) is 4.79 Å². The largest absolute Gasteiger partial charge is 0.336 e. The van der Waals surface area contributed by atoms with Crippen LogP contribution >= 0.6 is 0 Å². The van der Waals surface area contributed by atoms with E-state index in [1.54, 1.807) is 0 Å². The Morgan fingerprint density at radius 1 is 1.39 bits per heavy atom.